The van der Waals surface area contributed by atoms with Gasteiger partial charge in [0.2, 0.25) is 5.91 Å². The van der Waals surface area contributed by atoms with E-state index in [1.165, 1.54) is 27.8 Å². The summed E-state index contributed by atoms with van der Waals surface area (Å²) in [5, 5.41) is 3.18. The molecule has 3 heteroatoms. The fourth-order valence-corrected chi connectivity index (χ4v) is 3.60. The molecular weight excluding hydrogens is 314 g/mol. The van der Waals surface area contributed by atoms with E-state index in [-0.39, 0.29) is 11.9 Å². The second-order valence-corrected chi connectivity index (χ2v) is 7.35. The van der Waals surface area contributed by atoms with Gasteiger partial charge in [0, 0.05) is 5.75 Å². The van der Waals surface area contributed by atoms with Crippen LogP contribution >= 0.6 is 11.8 Å². The molecule has 1 N–H and O–H groups in total. The minimum atomic E-state index is 0.0954. The maximum absolute atomic E-state index is 12.3. The van der Waals surface area contributed by atoms with Crippen molar-refractivity contribution in [3.05, 3.63) is 70.3 Å². The minimum absolute atomic E-state index is 0.0954. The first-order chi connectivity index (χ1) is 11.5. The predicted molar refractivity (Wildman–Crippen MR) is 104 cm³/mol. The van der Waals surface area contributed by atoms with Crippen molar-refractivity contribution >= 4 is 17.7 Å². The molecule has 0 saturated heterocycles. The molecule has 0 spiro atoms. The van der Waals surface area contributed by atoms with Gasteiger partial charge in [-0.05, 0) is 43.9 Å². The average molecular weight is 342 g/mol. The standard InChI is InChI=1S/C21H27NOS/c1-5-20(19-11-8-16(3)12-17(19)4)22-21(23)14-24-13-18-9-6-15(2)7-10-18/h6-12,20H,5,13-14H2,1-4H3,(H,22,23). The van der Waals surface area contributed by atoms with Crippen LogP contribution in [-0.4, -0.2) is 11.7 Å². The Balaban J connectivity index is 1.86. The molecule has 0 bridgehead atoms. The molecule has 1 amide bonds. The smallest absolute Gasteiger partial charge is 0.230 e. The SMILES string of the molecule is CCC(NC(=O)CSCc1ccc(C)cc1)c1ccc(C)cc1C. The van der Waals surface area contributed by atoms with Gasteiger partial charge >= 0.3 is 0 Å². The summed E-state index contributed by atoms with van der Waals surface area (Å²) in [5.74, 6) is 1.47. The van der Waals surface area contributed by atoms with Crippen LogP contribution in [0.25, 0.3) is 0 Å². The van der Waals surface area contributed by atoms with Crippen LogP contribution in [-0.2, 0) is 10.5 Å². The lowest BCUT2D eigenvalue weighted by atomic mass is 9.97. The van der Waals surface area contributed by atoms with Crippen molar-refractivity contribution in [2.75, 3.05) is 5.75 Å². The Hall–Kier alpha value is -1.74. The number of rotatable bonds is 7. The Kier molecular flexibility index (Phi) is 6.92. The number of amides is 1. The number of aryl methyl sites for hydroxylation is 3. The van der Waals surface area contributed by atoms with Crippen LogP contribution in [0, 0.1) is 20.8 Å². The highest BCUT2D eigenvalue weighted by Crippen LogP contribution is 2.22. The van der Waals surface area contributed by atoms with E-state index in [1.54, 1.807) is 11.8 Å². The number of carbonyl (C=O) groups excluding carboxylic acids is 1. The van der Waals surface area contributed by atoms with Gasteiger partial charge in [0.15, 0.2) is 0 Å². The summed E-state index contributed by atoms with van der Waals surface area (Å²) in [5.41, 5.74) is 6.25. The zero-order chi connectivity index (χ0) is 17.5. The van der Waals surface area contributed by atoms with E-state index in [4.69, 9.17) is 0 Å². The number of carbonyl (C=O) groups is 1. The van der Waals surface area contributed by atoms with E-state index in [9.17, 15) is 4.79 Å². The summed E-state index contributed by atoms with van der Waals surface area (Å²) < 4.78 is 0. The van der Waals surface area contributed by atoms with Crippen LogP contribution in [0.1, 0.15) is 47.2 Å². The van der Waals surface area contributed by atoms with Crippen LogP contribution in [0.3, 0.4) is 0 Å². The van der Waals surface area contributed by atoms with Gasteiger partial charge in [0.1, 0.15) is 0 Å². The fourth-order valence-electron chi connectivity index (χ4n) is 2.80. The summed E-state index contributed by atoms with van der Waals surface area (Å²) in [7, 11) is 0. The number of hydrogen-bond donors (Lipinski definition) is 1. The van der Waals surface area contributed by atoms with E-state index in [2.05, 4.69) is 75.5 Å². The maximum atomic E-state index is 12.3. The van der Waals surface area contributed by atoms with E-state index in [0.717, 1.165) is 12.2 Å². The van der Waals surface area contributed by atoms with E-state index < -0.39 is 0 Å². The average Bonchev–Trinajstić information content (AvgIpc) is 2.55. The molecule has 128 valence electrons. The van der Waals surface area contributed by atoms with Crippen LogP contribution in [0.4, 0.5) is 0 Å². The Morgan fingerprint density at radius 2 is 1.71 bits per heavy atom. The highest BCUT2D eigenvalue weighted by atomic mass is 32.2. The Bertz CT molecular complexity index is 679. The molecule has 2 aromatic rings. The van der Waals surface area contributed by atoms with Crippen molar-refractivity contribution < 1.29 is 4.79 Å². The molecule has 0 aliphatic carbocycles. The second-order valence-electron chi connectivity index (χ2n) is 6.37. The third-order valence-electron chi connectivity index (χ3n) is 4.17. The van der Waals surface area contributed by atoms with Crippen molar-refractivity contribution in [2.45, 2.75) is 45.9 Å². The largest absolute Gasteiger partial charge is 0.349 e. The van der Waals surface area contributed by atoms with Crippen molar-refractivity contribution in [1.82, 2.24) is 5.32 Å². The fraction of sp³-hybridized carbons (Fsp3) is 0.381. The Labute approximate surface area is 150 Å². The summed E-state index contributed by atoms with van der Waals surface area (Å²) >= 11 is 1.66. The van der Waals surface area contributed by atoms with Gasteiger partial charge in [-0.3, -0.25) is 4.79 Å². The Morgan fingerprint density at radius 3 is 2.33 bits per heavy atom. The molecule has 1 unspecified atom stereocenters. The number of hydrogen-bond acceptors (Lipinski definition) is 2. The van der Waals surface area contributed by atoms with Gasteiger partial charge in [-0.2, -0.15) is 0 Å². The zero-order valence-electron chi connectivity index (χ0n) is 15.1. The van der Waals surface area contributed by atoms with Gasteiger partial charge in [0.25, 0.3) is 0 Å². The van der Waals surface area contributed by atoms with Crippen LogP contribution in [0.5, 0.6) is 0 Å². The highest BCUT2D eigenvalue weighted by Gasteiger charge is 2.14. The van der Waals surface area contributed by atoms with Crippen molar-refractivity contribution in [3.63, 3.8) is 0 Å². The lowest BCUT2D eigenvalue weighted by molar-refractivity contribution is -0.119. The third kappa shape index (κ3) is 5.41. The molecule has 2 rings (SSSR count). The molecule has 2 nitrogen and oxygen atoms in total. The molecule has 0 aromatic heterocycles. The topological polar surface area (TPSA) is 29.1 Å². The molecule has 1 atom stereocenters. The monoisotopic (exact) mass is 341 g/mol. The number of benzene rings is 2. The summed E-state index contributed by atoms with van der Waals surface area (Å²) in [6.45, 7) is 8.41. The molecule has 0 radical (unpaired) electrons. The second kappa shape index (κ2) is 8.93. The van der Waals surface area contributed by atoms with Crippen LogP contribution in [0.15, 0.2) is 42.5 Å². The maximum Gasteiger partial charge on any atom is 0.230 e. The highest BCUT2D eigenvalue weighted by molar-refractivity contribution is 7.99. The minimum Gasteiger partial charge on any atom is -0.349 e. The van der Waals surface area contributed by atoms with Crippen molar-refractivity contribution in [2.24, 2.45) is 0 Å². The van der Waals surface area contributed by atoms with Gasteiger partial charge in [0.05, 0.1) is 11.8 Å². The van der Waals surface area contributed by atoms with E-state index >= 15 is 0 Å². The molecule has 0 aliphatic rings. The summed E-state index contributed by atoms with van der Waals surface area (Å²) in [6, 6.07) is 15.0. The first-order valence-electron chi connectivity index (χ1n) is 8.49. The Morgan fingerprint density at radius 1 is 1.04 bits per heavy atom. The van der Waals surface area contributed by atoms with Gasteiger partial charge < -0.3 is 5.32 Å². The summed E-state index contributed by atoms with van der Waals surface area (Å²) in [6.07, 6.45) is 0.901. The molecule has 0 saturated carbocycles. The number of thioether (sulfide) groups is 1. The first-order valence-corrected chi connectivity index (χ1v) is 9.65. The van der Waals surface area contributed by atoms with E-state index in [1.807, 2.05) is 0 Å². The van der Waals surface area contributed by atoms with Crippen LogP contribution < -0.4 is 5.32 Å². The zero-order valence-corrected chi connectivity index (χ0v) is 15.9. The lowest BCUT2D eigenvalue weighted by Crippen LogP contribution is -2.30. The van der Waals surface area contributed by atoms with Crippen molar-refractivity contribution in [3.8, 4) is 0 Å². The van der Waals surface area contributed by atoms with Gasteiger partial charge in [-0.15, -0.1) is 11.8 Å². The van der Waals surface area contributed by atoms with Gasteiger partial charge in [-0.1, -0.05) is 60.5 Å². The molecule has 2 aromatic carbocycles. The number of nitrogens with one attached hydrogen (secondary N) is 1. The molecule has 0 aliphatic heterocycles. The van der Waals surface area contributed by atoms with Crippen LogP contribution in [0.2, 0.25) is 0 Å². The van der Waals surface area contributed by atoms with E-state index in [0.29, 0.717) is 5.75 Å². The molecule has 0 fully saturated rings. The van der Waals surface area contributed by atoms with Gasteiger partial charge in [-0.25, -0.2) is 0 Å². The lowest BCUT2D eigenvalue weighted by Gasteiger charge is -2.20. The summed E-state index contributed by atoms with van der Waals surface area (Å²) in [4.78, 5) is 12.3. The normalized spacial score (nSPS) is 12.0. The third-order valence-corrected chi connectivity index (χ3v) is 5.17. The predicted octanol–water partition coefficient (Wildman–Crippen LogP) is 5.11. The first kappa shape index (κ1) is 18.6. The van der Waals surface area contributed by atoms with Crippen molar-refractivity contribution in [1.29, 1.82) is 0 Å². The molecular formula is C21H27NOS. The molecule has 0 heterocycles. The molecule has 24 heavy (non-hydrogen) atoms. The quantitative estimate of drug-likeness (QED) is 0.758.